The highest BCUT2D eigenvalue weighted by Crippen LogP contribution is 2.19. The maximum absolute atomic E-state index is 11.0. The maximum atomic E-state index is 11.0. The summed E-state index contributed by atoms with van der Waals surface area (Å²) in [5.74, 6) is 0.358. The molecule has 0 amide bonds. The van der Waals surface area contributed by atoms with Gasteiger partial charge in [0.05, 0.1) is 16.8 Å². The first-order valence-electron chi connectivity index (χ1n) is 6.24. The lowest BCUT2D eigenvalue weighted by Gasteiger charge is -2.14. The summed E-state index contributed by atoms with van der Waals surface area (Å²) in [6.07, 6.45) is 4.64. The Morgan fingerprint density at radius 2 is 2.40 bits per heavy atom. The molecule has 0 aliphatic heterocycles. The zero-order chi connectivity index (χ0) is 14.5. The Morgan fingerprint density at radius 1 is 1.60 bits per heavy atom. The van der Waals surface area contributed by atoms with Crippen LogP contribution in [0, 0.1) is 0 Å². The number of carbonyl (C=O) groups is 1. The molecule has 5 nitrogen and oxygen atoms in total. The minimum Gasteiger partial charge on any atom is -0.478 e. The van der Waals surface area contributed by atoms with Gasteiger partial charge in [0.1, 0.15) is 11.6 Å². The highest BCUT2D eigenvalue weighted by molar-refractivity contribution is 6.33. The van der Waals surface area contributed by atoms with Crippen molar-refractivity contribution in [3.8, 4) is 0 Å². The maximum Gasteiger partial charge on any atom is 0.337 e. The number of rotatable bonds is 6. The molecule has 2 heterocycles. The van der Waals surface area contributed by atoms with Gasteiger partial charge in [-0.15, -0.1) is 0 Å². The molecule has 2 aromatic rings. The number of hydrogen-bond acceptors (Lipinski definition) is 4. The van der Waals surface area contributed by atoms with Gasteiger partial charge in [-0.25, -0.2) is 9.78 Å². The molecule has 0 aliphatic rings. The molecular weight excluding hydrogens is 280 g/mol. The Labute approximate surface area is 121 Å². The summed E-state index contributed by atoms with van der Waals surface area (Å²) >= 11 is 5.77. The number of nitrogens with zero attached hydrogens (tertiary/aromatic N) is 1. The molecule has 0 saturated heterocycles. The van der Waals surface area contributed by atoms with Gasteiger partial charge >= 0.3 is 5.97 Å². The molecule has 0 aromatic carbocycles. The number of anilines is 1. The van der Waals surface area contributed by atoms with E-state index in [1.54, 1.807) is 6.26 Å². The van der Waals surface area contributed by atoms with E-state index in [1.165, 1.54) is 12.3 Å². The first-order chi connectivity index (χ1) is 9.56. The van der Waals surface area contributed by atoms with E-state index in [0.717, 1.165) is 18.6 Å². The third kappa shape index (κ3) is 3.74. The van der Waals surface area contributed by atoms with Crippen LogP contribution in [-0.4, -0.2) is 22.1 Å². The molecular formula is C14H15ClN2O3. The highest BCUT2D eigenvalue weighted by Gasteiger charge is 2.12. The predicted molar refractivity (Wildman–Crippen MR) is 76.3 cm³/mol. The van der Waals surface area contributed by atoms with Gasteiger partial charge in [0.15, 0.2) is 0 Å². The molecule has 106 valence electrons. The molecule has 2 N–H and O–H groups in total. The van der Waals surface area contributed by atoms with Crippen LogP contribution in [0.2, 0.25) is 5.02 Å². The molecule has 6 heteroatoms. The first-order valence-corrected chi connectivity index (χ1v) is 6.62. The van der Waals surface area contributed by atoms with Crippen LogP contribution in [0.5, 0.6) is 0 Å². The number of nitrogens with one attached hydrogen (secondary N) is 1. The third-order valence-corrected chi connectivity index (χ3v) is 3.19. The van der Waals surface area contributed by atoms with Crippen LogP contribution in [0.25, 0.3) is 0 Å². The zero-order valence-corrected chi connectivity index (χ0v) is 11.7. The van der Waals surface area contributed by atoms with E-state index < -0.39 is 5.97 Å². The van der Waals surface area contributed by atoms with Crippen LogP contribution in [0.3, 0.4) is 0 Å². The summed E-state index contributed by atoms with van der Waals surface area (Å²) in [5, 5.41) is 12.3. The number of halogens is 1. The normalized spacial score (nSPS) is 12.1. The minimum absolute atomic E-state index is 0.0439. The van der Waals surface area contributed by atoms with Gasteiger partial charge in [-0.2, -0.15) is 0 Å². The Kier molecular flexibility index (Phi) is 4.63. The van der Waals surface area contributed by atoms with Gasteiger partial charge in [0, 0.05) is 18.7 Å². The molecule has 20 heavy (non-hydrogen) atoms. The summed E-state index contributed by atoms with van der Waals surface area (Å²) in [4.78, 5) is 15.1. The summed E-state index contributed by atoms with van der Waals surface area (Å²) in [6, 6.07) is 5.35. The monoisotopic (exact) mass is 294 g/mol. The predicted octanol–water partition coefficient (Wildman–Crippen LogP) is 3.46. The molecule has 0 bridgehead atoms. The second kappa shape index (κ2) is 6.43. The number of carboxylic acids is 1. The average molecular weight is 295 g/mol. The zero-order valence-electron chi connectivity index (χ0n) is 11.0. The van der Waals surface area contributed by atoms with Gasteiger partial charge in [0.25, 0.3) is 0 Å². The van der Waals surface area contributed by atoms with Crippen molar-refractivity contribution < 1.29 is 14.3 Å². The van der Waals surface area contributed by atoms with Crippen molar-refractivity contribution in [1.29, 1.82) is 0 Å². The van der Waals surface area contributed by atoms with Crippen molar-refractivity contribution in [3.63, 3.8) is 0 Å². The molecule has 0 radical (unpaired) electrons. The molecule has 2 aromatic heterocycles. The van der Waals surface area contributed by atoms with Crippen LogP contribution >= 0.6 is 11.6 Å². The van der Waals surface area contributed by atoms with Crippen molar-refractivity contribution in [2.24, 2.45) is 0 Å². The van der Waals surface area contributed by atoms with Crippen LogP contribution < -0.4 is 5.32 Å². The summed E-state index contributed by atoms with van der Waals surface area (Å²) in [7, 11) is 0. The lowest BCUT2D eigenvalue weighted by Crippen LogP contribution is -2.17. The van der Waals surface area contributed by atoms with Crippen molar-refractivity contribution in [2.75, 3.05) is 5.32 Å². The van der Waals surface area contributed by atoms with Crippen LogP contribution in [-0.2, 0) is 6.42 Å². The van der Waals surface area contributed by atoms with Crippen LogP contribution in [0.4, 0.5) is 5.82 Å². The fraction of sp³-hybridized carbons (Fsp3) is 0.286. The highest BCUT2D eigenvalue weighted by atomic mass is 35.5. The largest absolute Gasteiger partial charge is 0.478 e. The quantitative estimate of drug-likeness (QED) is 0.853. The van der Waals surface area contributed by atoms with Gasteiger partial charge in [0.2, 0.25) is 0 Å². The summed E-state index contributed by atoms with van der Waals surface area (Å²) in [5.41, 5.74) is 0.0439. The van der Waals surface area contributed by atoms with Gasteiger partial charge in [-0.05, 0) is 31.5 Å². The number of aryl methyl sites for hydroxylation is 1. The van der Waals surface area contributed by atoms with Crippen molar-refractivity contribution in [3.05, 3.63) is 47.0 Å². The molecule has 1 atom stereocenters. The van der Waals surface area contributed by atoms with Gasteiger partial charge in [-0.3, -0.25) is 0 Å². The number of aromatic carboxylic acids is 1. The fourth-order valence-corrected chi connectivity index (χ4v) is 2.00. The van der Waals surface area contributed by atoms with E-state index in [9.17, 15) is 4.79 Å². The fourth-order valence-electron chi connectivity index (χ4n) is 1.82. The molecule has 0 fully saturated rings. The van der Waals surface area contributed by atoms with E-state index in [-0.39, 0.29) is 16.6 Å². The molecule has 2 rings (SSSR count). The average Bonchev–Trinajstić information content (AvgIpc) is 2.91. The second-order valence-electron chi connectivity index (χ2n) is 4.52. The standard InChI is InChI=1S/C14H15ClN2O3/c1-9(4-5-10-3-2-6-20-10)17-13-7-11(14(18)19)12(15)8-16-13/h2-3,6-9H,4-5H2,1H3,(H,16,17)(H,18,19). The number of hydrogen-bond donors (Lipinski definition) is 2. The van der Waals surface area contributed by atoms with E-state index in [2.05, 4.69) is 10.3 Å². The molecule has 1 unspecified atom stereocenters. The Hall–Kier alpha value is -2.01. The minimum atomic E-state index is -1.07. The lowest BCUT2D eigenvalue weighted by atomic mass is 10.1. The summed E-state index contributed by atoms with van der Waals surface area (Å²) < 4.78 is 5.26. The van der Waals surface area contributed by atoms with Crippen molar-refractivity contribution >= 4 is 23.4 Å². The van der Waals surface area contributed by atoms with E-state index in [4.69, 9.17) is 21.1 Å². The van der Waals surface area contributed by atoms with Crippen LogP contribution in [0.15, 0.2) is 35.1 Å². The topological polar surface area (TPSA) is 75.4 Å². The number of carboxylic acid groups (broad SMARTS) is 1. The second-order valence-corrected chi connectivity index (χ2v) is 4.93. The number of aromatic nitrogens is 1. The molecule has 0 aliphatic carbocycles. The molecule has 0 spiro atoms. The Morgan fingerprint density at radius 3 is 3.05 bits per heavy atom. The van der Waals surface area contributed by atoms with E-state index >= 15 is 0 Å². The Balaban J connectivity index is 1.95. The first kappa shape index (κ1) is 14.4. The van der Waals surface area contributed by atoms with Crippen LogP contribution in [0.1, 0.15) is 29.5 Å². The van der Waals surface area contributed by atoms with Gasteiger partial charge < -0.3 is 14.8 Å². The number of pyridine rings is 1. The smallest absolute Gasteiger partial charge is 0.337 e. The third-order valence-electron chi connectivity index (χ3n) is 2.88. The summed E-state index contributed by atoms with van der Waals surface area (Å²) in [6.45, 7) is 2.00. The van der Waals surface area contributed by atoms with Crippen molar-refractivity contribution in [2.45, 2.75) is 25.8 Å². The Bertz CT molecular complexity index is 584. The molecule has 0 saturated carbocycles. The SMILES string of the molecule is CC(CCc1ccco1)Nc1cc(C(=O)O)c(Cl)cn1. The number of furan rings is 1. The lowest BCUT2D eigenvalue weighted by molar-refractivity contribution is 0.0697. The van der Waals surface area contributed by atoms with Crippen molar-refractivity contribution in [1.82, 2.24) is 4.98 Å². The van der Waals surface area contributed by atoms with E-state index in [0.29, 0.717) is 5.82 Å². The van der Waals surface area contributed by atoms with E-state index in [1.807, 2.05) is 19.1 Å². The van der Waals surface area contributed by atoms with Gasteiger partial charge in [-0.1, -0.05) is 11.6 Å².